The highest BCUT2D eigenvalue weighted by molar-refractivity contribution is 5.95. The molecule has 0 aromatic heterocycles. The van der Waals surface area contributed by atoms with Crippen molar-refractivity contribution in [2.45, 2.75) is 45.2 Å². The molecule has 1 unspecified atom stereocenters. The standard InChI is InChI=1S/C17H27N3O.ClH/c1-14(2)20(15-8-4-3-5-9-15)17(21)13-19-11-7-6-10-16(19)12-18;/h3-5,8-9,14,16H,6-7,10-13,18H2,1-2H3;1H. The average molecular weight is 326 g/mol. The molecule has 2 N–H and O–H groups in total. The number of hydrogen-bond donors (Lipinski definition) is 1. The van der Waals surface area contributed by atoms with Gasteiger partial charge in [0.1, 0.15) is 0 Å². The molecule has 1 atom stereocenters. The van der Waals surface area contributed by atoms with Gasteiger partial charge in [0.15, 0.2) is 0 Å². The molecule has 1 aliphatic rings. The molecule has 5 heteroatoms. The molecular formula is C17H28ClN3O. The lowest BCUT2D eigenvalue weighted by Gasteiger charge is -2.36. The first-order valence-corrected chi connectivity index (χ1v) is 7.94. The Labute approximate surface area is 140 Å². The van der Waals surface area contributed by atoms with Crippen molar-refractivity contribution in [2.24, 2.45) is 5.73 Å². The Morgan fingerprint density at radius 2 is 2.00 bits per heavy atom. The maximum Gasteiger partial charge on any atom is 0.241 e. The fourth-order valence-corrected chi connectivity index (χ4v) is 3.10. The van der Waals surface area contributed by atoms with Crippen molar-refractivity contribution in [1.29, 1.82) is 0 Å². The van der Waals surface area contributed by atoms with Gasteiger partial charge in [-0.05, 0) is 45.4 Å². The van der Waals surface area contributed by atoms with Crippen molar-refractivity contribution >= 4 is 24.0 Å². The van der Waals surface area contributed by atoms with Crippen LogP contribution in [0, 0.1) is 0 Å². The lowest BCUT2D eigenvalue weighted by atomic mass is 10.0. The molecule has 22 heavy (non-hydrogen) atoms. The molecule has 1 aromatic rings. The first-order valence-electron chi connectivity index (χ1n) is 7.94. The predicted molar refractivity (Wildman–Crippen MR) is 94.6 cm³/mol. The molecule has 1 fully saturated rings. The van der Waals surface area contributed by atoms with Gasteiger partial charge in [0, 0.05) is 24.3 Å². The number of amides is 1. The van der Waals surface area contributed by atoms with Crippen LogP contribution in [0.2, 0.25) is 0 Å². The second-order valence-electron chi connectivity index (χ2n) is 6.05. The number of piperidine rings is 1. The Kier molecular flexibility index (Phi) is 7.87. The highest BCUT2D eigenvalue weighted by atomic mass is 35.5. The number of halogens is 1. The summed E-state index contributed by atoms with van der Waals surface area (Å²) < 4.78 is 0. The van der Waals surface area contributed by atoms with E-state index < -0.39 is 0 Å². The van der Waals surface area contributed by atoms with Gasteiger partial charge in [0.05, 0.1) is 6.54 Å². The fraction of sp³-hybridized carbons (Fsp3) is 0.588. The third-order valence-corrected chi connectivity index (χ3v) is 4.18. The third-order valence-electron chi connectivity index (χ3n) is 4.18. The zero-order chi connectivity index (χ0) is 15.2. The Bertz CT molecular complexity index is 452. The van der Waals surface area contributed by atoms with Crippen molar-refractivity contribution in [3.8, 4) is 0 Å². The van der Waals surface area contributed by atoms with E-state index in [2.05, 4.69) is 18.7 Å². The molecule has 0 radical (unpaired) electrons. The van der Waals surface area contributed by atoms with Crippen LogP contribution < -0.4 is 10.6 Å². The summed E-state index contributed by atoms with van der Waals surface area (Å²) in [6.45, 7) is 6.20. The van der Waals surface area contributed by atoms with Crippen molar-refractivity contribution in [3.05, 3.63) is 30.3 Å². The molecule has 4 nitrogen and oxygen atoms in total. The highest BCUT2D eigenvalue weighted by Crippen LogP contribution is 2.20. The normalized spacial score (nSPS) is 18.8. The summed E-state index contributed by atoms with van der Waals surface area (Å²) in [5, 5.41) is 0. The molecule has 1 aromatic carbocycles. The number of nitrogens with two attached hydrogens (primary N) is 1. The highest BCUT2D eigenvalue weighted by Gasteiger charge is 2.26. The summed E-state index contributed by atoms with van der Waals surface area (Å²) in [5.41, 5.74) is 6.82. The number of anilines is 1. The minimum absolute atomic E-state index is 0. The first kappa shape index (κ1) is 18.9. The first-order chi connectivity index (χ1) is 10.1. The van der Waals surface area contributed by atoms with Crippen LogP contribution in [-0.4, -0.2) is 42.5 Å². The van der Waals surface area contributed by atoms with E-state index in [0.717, 1.165) is 25.1 Å². The van der Waals surface area contributed by atoms with Gasteiger partial charge < -0.3 is 10.6 Å². The molecule has 1 aliphatic heterocycles. The maximum absolute atomic E-state index is 12.8. The summed E-state index contributed by atoms with van der Waals surface area (Å²) in [6.07, 6.45) is 3.49. The number of hydrogen-bond acceptors (Lipinski definition) is 3. The van der Waals surface area contributed by atoms with E-state index >= 15 is 0 Å². The number of para-hydroxylation sites is 1. The predicted octanol–water partition coefficient (Wildman–Crippen LogP) is 2.66. The molecule has 2 rings (SSSR count). The Balaban J connectivity index is 0.00000242. The van der Waals surface area contributed by atoms with E-state index in [9.17, 15) is 4.79 Å². The molecular weight excluding hydrogens is 298 g/mol. The largest absolute Gasteiger partial charge is 0.329 e. The maximum atomic E-state index is 12.8. The van der Waals surface area contributed by atoms with E-state index in [-0.39, 0.29) is 24.4 Å². The van der Waals surface area contributed by atoms with Gasteiger partial charge >= 0.3 is 0 Å². The Hall–Kier alpha value is -1.10. The summed E-state index contributed by atoms with van der Waals surface area (Å²) in [5.74, 6) is 0.163. The van der Waals surface area contributed by atoms with Crippen LogP contribution in [-0.2, 0) is 4.79 Å². The smallest absolute Gasteiger partial charge is 0.241 e. The number of carbonyl (C=O) groups is 1. The van der Waals surface area contributed by atoms with Gasteiger partial charge in [-0.2, -0.15) is 0 Å². The third kappa shape index (κ3) is 4.70. The topological polar surface area (TPSA) is 49.6 Å². The second kappa shape index (κ2) is 9.13. The van der Waals surface area contributed by atoms with E-state index in [0.29, 0.717) is 19.1 Å². The summed E-state index contributed by atoms with van der Waals surface area (Å²) >= 11 is 0. The van der Waals surface area contributed by atoms with Crippen molar-refractivity contribution < 1.29 is 4.79 Å². The van der Waals surface area contributed by atoms with Gasteiger partial charge in [-0.1, -0.05) is 24.6 Å². The quantitative estimate of drug-likeness (QED) is 0.905. The van der Waals surface area contributed by atoms with Gasteiger partial charge in [-0.15, -0.1) is 12.4 Å². The zero-order valence-corrected chi connectivity index (χ0v) is 14.4. The van der Waals surface area contributed by atoms with Gasteiger partial charge in [0.2, 0.25) is 5.91 Å². The van der Waals surface area contributed by atoms with Crippen LogP contribution in [0.15, 0.2) is 30.3 Å². The van der Waals surface area contributed by atoms with Crippen LogP contribution in [0.1, 0.15) is 33.1 Å². The molecule has 0 bridgehead atoms. The lowest BCUT2D eigenvalue weighted by Crippen LogP contribution is -2.50. The van der Waals surface area contributed by atoms with E-state index in [4.69, 9.17) is 5.73 Å². The SMILES string of the molecule is CC(C)N(C(=O)CN1CCCCC1CN)c1ccccc1.Cl. The van der Waals surface area contributed by atoms with E-state index in [1.807, 2.05) is 35.2 Å². The number of rotatable bonds is 5. The van der Waals surface area contributed by atoms with Crippen LogP contribution >= 0.6 is 12.4 Å². The Morgan fingerprint density at radius 3 is 2.59 bits per heavy atom. The average Bonchev–Trinajstić information content (AvgIpc) is 2.48. The minimum atomic E-state index is 0. The molecule has 124 valence electrons. The number of likely N-dealkylation sites (tertiary alicyclic amines) is 1. The fourth-order valence-electron chi connectivity index (χ4n) is 3.10. The van der Waals surface area contributed by atoms with Crippen molar-refractivity contribution in [2.75, 3.05) is 24.5 Å². The van der Waals surface area contributed by atoms with Crippen LogP contribution in [0.3, 0.4) is 0 Å². The molecule has 1 heterocycles. The molecule has 0 saturated carbocycles. The molecule has 1 saturated heterocycles. The van der Waals surface area contributed by atoms with Crippen molar-refractivity contribution in [1.82, 2.24) is 4.90 Å². The summed E-state index contributed by atoms with van der Waals surface area (Å²) in [6, 6.07) is 10.4. The minimum Gasteiger partial charge on any atom is -0.329 e. The Morgan fingerprint density at radius 1 is 1.32 bits per heavy atom. The van der Waals surface area contributed by atoms with Crippen LogP contribution in [0.5, 0.6) is 0 Å². The van der Waals surface area contributed by atoms with Crippen LogP contribution in [0.25, 0.3) is 0 Å². The second-order valence-corrected chi connectivity index (χ2v) is 6.05. The monoisotopic (exact) mass is 325 g/mol. The van der Waals surface area contributed by atoms with Gasteiger partial charge in [-0.3, -0.25) is 9.69 Å². The van der Waals surface area contributed by atoms with Gasteiger partial charge in [-0.25, -0.2) is 0 Å². The van der Waals surface area contributed by atoms with E-state index in [1.54, 1.807) is 0 Å². The van der Waals surface area contributed by atoms with E-state index in [1.165, 1.54) is 6.42 Å². The molecule has 0 aliphatic carbocycles. The number of benzene rings is 1. The van der Waals surface area contributed by atoms with Gasteiger partial charge in [0.25, 0.3) is 0 Å². The van der Waals surface area contributed by atoms with Crippen molar-refractivity contribution in [3.63, 3.8) is 0 Å². The molecule has 1 amide bonds. The molecule has 0 spiro atoms. The number of nitrogens with zero attached hydrogens (tertiary/aromatic N) is 2. The lowest BCUT2D eigenvalue weighted by molar-refractivity contribution is -0.121. The zero-order valence-electron chi connectivity index (χ0n) is 13.6. The summed E-state index contributed by atoms with van der Waals surface area (Å²) in [4.78, 5) is 16.9. The van der Waals surface area contributed by atoms with Crippen LogP contribution in [0.4, 0.5) is 5.69 Å². The summed E-state index contributed by atoms with van der Waals surface area (Å²) in [7, 11) is 0. The number of carbonyl (C=O) groups excluding carboxylic acids is 1.